The van der Waals surface area contributed by atoms with Crippen LogP contribution in [-0.4, -0.2) is 16.4 Å². The van der Waals surface area contributed by atoms with Crippen LogP contribution in [0.1, 0.15) is 18.9 Å². The van der Waals surface area contributed by atoms with Gasteiger partial charge in [0, 0.05) is 16.2 Å². The Morgan fingerprint density at radius 2 is 2.43 bits per heavy atom. The molecule has 1 aromatic rings. The van der Waals surface area contributed by atoms with Crippen molar-refractivity contribution >= 4 is 11.8 Å². The van der Waals surface area contributed by atoms with Crippen LogP contribution in [0.2, 0.25) is 0 Å². The molecule has 2 nitrogen and oxygen atoms in total. The Bertz CT molecular complexity index is 338. The van der Waals surface area contributed by atoms with Crippen molar-refractivity contribution in [3.05, 3.63) is 23.8 Å². The summed E-state index contributed by atoms with van der Waals surface area (Å²) in [5.41, 5.74) is 7.04. The Hall–Kier alpha value is -0.670. The molecule has 0 saturated carbocycles. The Labute approximate surface area is 88.5 Å². The highest BCUT2D eigenvalue weighted by Gasteiger charge is 2.23. The smallest absolute Gasteiger partial charge is 0.115 e. The van der Waals surface area contributed by atoms with Crippen LogP contribution in [0.4, 0.5) is 0 Å². The molecule has 1 aliphatic rings. The minimum Gasteiger partial charge on any atom is -0.508 e. The fraction of sp³-hybridized carbons (Fsp3) is 0.455. The van der Waals surface area contributed by atoms with Gasteiger partial charge in [-0.2, -0.15) is 0 Å². The Balaban J connectivity index is 2.10. The standard InChI is InChI=1S/C11H15NOS/c1-7(12)4-10-6-8-5-9(13)2-3-11(8)14-10/h2-3,5,7,10,13H,4,6,12H2,1H3. The van der Waals surface area contributed by atoms with Crippen molar-refractivity contribution in [1.29, 1.82) is 0 Å². The number of phenols is 1. The van der Waals surface area contributed by atoms with Gasteiger partial charge in [-0.3, -0.25) is 0 Å². The van der Waals surface area contributed by atoms with E-state index in [2.05, 4.69) is 0 Å². The molecule has 0 spiro atoms. The molecule has 2 atom stereocenters. The normalized spacial score (nSPS) is 22.0. The lowest BCUT2D eigenvalue weighted by molar-refractivity contribution is 0.474. The molecule has 0 radical (unpaired) electrons. The average Bonchev–Trinajstić information content (AvgIpc) is 2.44. The molecule has 0 amide bonds. The van der Waals surface area contributed by atoms with E-state index in [0.29, 0.717) is 11.0 Å². The van der Waals surface area contributed by atoms with Crippen molar-refractivity contribution < 1.29 is 5.11 Å². The lowest BCUT2D eigenvalue weighted by Crippen LogP contribution is -2.20. The molecule has 76 valence electrons. The van der Waals surface area contributed by atoms with Gasteiger partial charge in [0.15, 0.2) is 0 Å². The van der Waals surface area contributed by atoms with Gasteiger partial charge in [0.25, 0.3) is 0 Å². The number of hydrogen-bond acceptors (Lipinski definition) is 3. The van der Waals surface area contributed by atoms with E-state index in [1.165, 1.54) is 10.5 Å². The summed E-state index contributed by atoms with van der Waals surface area (Å²) < 4.78 is 0. The van der Waals surface area contributed by atoms with Crippen LogP contribution in [-0.2, 0) is 6.42 Å². The zero-order valence-electron chi connectivity index (χ0n) is 8.23. The summed E-state index contributed by atoms with van der Waals surface area (Å²) in [7, 11) is 0. The third-order valence-electron chi connectivity index (χ3n) is 2.42. The fourth-order valence-corrected chi connectivity index (χ4v) is 3.32. The molecule has 1 heterocycles. The van der Waals surface area contributed by atoms with Crippen molar-refractivity contribution in [3.63, 3.8) is 0 Å². The fourth-order valence-electron chi connectivity index (χ4n) is 1.85. The largest absolute Gasteiger partial charge is 0.508 e. The first kappa shape index (κ1) is 9.87. The van der Waals surface area contributed by atoms with Crippen molar-refractivity contribution in [2.24, 2.45) is 5.73 Å². The Morgan fingerprint density at radius 3 is 3.14 bits per heavy atom. The first-order chi connectivity index (χ1) is 6.65. The van der Waals surface area contributed by atoms with Crippen molar-refractivity contribution in [2.45, 2.75) is 36.0 Å². The molecule has 1 aliphatic heterocycles. The van der Waals surface area contributed by atoms with Gasteiger partial charge in [-0.15, -0.1) is 11.8 Å². The second-order valence-electron chi connectivity index (χ2n) is 3.95. The van der Waals surface area contributed by atoms with Gasteiger partial charge < -0.3 is 10.8 Å². The topological polar surface area (TPSA) is 46.2 Å². The van der Waals surface area contributed by atoms with Crippen LogP contribution in [0.15, 0.2) is 23.1 Å². The van der Waals surface area contributed by atoms with E-state index >= 15 is 0 Å². The van der Waals surface area contributed by atoms with Gasteiger partial charge in [0.1, 0.15) is 5.75 Å². The summed E-state index contributed by atoms with van der Waals surface area (Å²) >= 11 is 1.88. The predicted molar refractivity (Wildman–Crippen MR) is 59.7 cm³/mol. The van der Waals surface area contributed by atoms with E-state index in [9.17, 15) is 5.11 Å². The highest BCUT2D eigenvalue weighted by molar-refractivity contribution is 8.00. The van der Waals surface area contributed by atoms with Gasteiger partial charge >= 0.3 is 0 Å². The van der Waals surface area contributed by atoms with Crippen LogP contribution < -0.4 is 5.73 Å². The average molecular weight is 209 g/mol. The van der Waals surface area contributed by atoms with Crippen LogP contribution in [0.5, 0.6) is 5.75 Å². The lowest BCUT2D eigenvalue weighted by atomic mass is 10.1. The number of thioether (sulfide) groups is 1. The minimum atomic E-state index is 0.260. The quantitative estimate of drug-likeness (QED) is 0.784. The van der Waals surface area contributed by atoms with Crippen LogP contribution >= 0.6 is 11.8 Å². The van der Waals surface area contributed by atoms with E-state index in [1.54, 1.807) is 6.07 Å². The molecule has 0 saturated heterocycles. The molecule has 3 heteroatoms. The summed E-state index contributed by atoms with van der Waals surface area (Å²) in [5.74, 6) is 0.366. The maximum absolute atomic E-state index is 9.33. The third-order valence-corrected chi connectivity index (χ3v) is 3.76. The number of phenolic OH excluding ortho intramolecular Hbond substituents is 1. The Kier molecular flexibility index (Phi) is 2.70. The van der Waals surface area contributed by atoms with Crippen LogP contribution in [0.25, 0.3) is 0 Å². The van der Waals surface area contributed by atoms with Crippen molar-refractivity contribution in [3.8, 4) is 5.75 Å². The minimum absolute atomic E-state index is 0.260. The van der Waals surface area contributed by atoms with E-state index in [-0.39, 0.29) is 6.04 Å². The number of benzene rings is 1. The number of rotatable bonds is 2. The monoisotopic (exact) mass is 209 g/mol. The second kappa shape index (κ2) is 3.83. The zero-order valence-corrected chi connectivity index (χ0v) is 9.05. The molecule has 2 rings (SSSR count). The number of aromatic hydroxyl groups is 1. The molecule has 0 aromatic heterocycles. The molecule has 2 unspecified atom stereocenters. The van der Waals surface area contributed by atoms with Crippen LogP contribution in [0.3, 0.4) is 0 Å². The third kappa shape index (κ3) is 2.04. The second-order valence-corrected chi connectivity index (χ2v) is 5.29. The maximum Gasteiger partial charge on any atom is 0.115 e. The predicted octanol–water partition coefficient (Wildman–Crippen LogP) is 2.15. The first-order valence-electron chi connectivity index (χ1n) is 4.89. The molecule has 1 aromatic carbocycles. The SMILES string of the molecule is CC(N)CC1Cc2cc(O)ccc2S1. The van der Waals surface area contributed by atoms with Gasteiger partial charge in [-0.1, -0.05) is 0 Å². The van der Waals surface area contributed by atoms with E-state index in [0.717, 1.165) is 12.8 Å². The molecule has 0 fully saturated rings. The van der Waals surface area contributed by atoms with Gasteiger partial charge in [0.2, 0.25) is 0 Å². The number of hydrogen-bond donors (Lipinski definition) is 2. The molecule has 0 bridgehead atoms. The highest BCUT2D eigenvalue weighted by Crippen LogP contribution is 2.40. The molecular weight excluding hydrogens is 194 g/mol. The van der Waals surface area contributed by atoms with E-state index in [4.69, 9.17) is 5.73 Å². The molecular formula is C11H15NOS. The van der Waals surface area contributed by atoms with Crippen molar-refractivity contribution in [1.82, 2.24) is 0 Å². The summed E-state index contributed by atoms with van der Waals surface area (Å²) in [6.45, 7) is 2.04. The first-order valence-corrected chi connectivity index (χ1v) is 5.77. The molecule has 14 heavy (non-hydrogen) atoms. The van der Waals surface area contributed by atoms with Crippen LogP contribution in [0, 0.1) is 0 Å². The van der Waals surface area contributed by atoms with Crippen molar-refractivity contribution in [2.75, 3.05) is 0 Å². The van der Waals surface area contributed by atoms with Gasteiger partial charge in [-0.05, 0) is 43.5 Å². The Morgan fingerprint density at radius 1 is 1.64 bits per heavy atom. The summed E-state index contributed by atoms with van der Waals surface area (Å²) in [6, 6.07) is 5.87. The van der Waals surface area contributed by atoms with Gasteiger partial charge in [-0.25, -0.2) is 0 Å². The summed E-state index contributed by atoms with van der Waals surface area (Å²) in [5, 5.41) is 9.92. The highest BCUT2D eigenvalue weighted by atomic mass is 32.2. The summed E-state index contributed by atoms with van der Waals surface area (Å²) in [4.78, 5) is 1.30. The summed E-state index contributed by atoms with van der Waals surface area (Å²) in [6.07, 6.45) is 2.08. The number of nitrogens with two attached hydrogens (primary N) is 1. The molecule has 3 N–H and O–H groups in total. The lowest BCUT2D eigenvalue weighted by Gasteiger charge is -2.10. The van der Waals surface area contributed by atoms with E-state index in [1.807, 2.05) is 30.8 Å². The molecule has 0 aliphatic carbocycles. The maximum atomic E-state index is 9.33. The zero-order chi connectivity index (χ0) is 10.1. The number of fused-ring (bicyclic) bond motifs is 1. The van der Waals surface area contributed by atoms with E-state index < -0.39 is 0 Å². The van der Waals surface area contributed by atoms with Gasteiger partial charge in [0.05, 0.1) is 0 Å².